The first-order chi connectivity index (χ1) is 9.04. The Bertz CT molecular complexity index is 481. The minimum absolute atomic E-state index is 0. The van der Waals surface area contributed by atoms with Gasteiger partial charge >= 0.3 is 0 Å². The quantitative estimate of drug-likeness (QED) is 0.852. The number of amides is 1. The third-order valence-electron chi connectivity index (χ3n) is 3.97. The summed E-state index contributed by atoms with van der Waals surface area (Å²) < 4.78 is 0. The van der Waals surface area contributed by atoms with Crippen LogP contribution < -0.4 is 5.32 Å². The molecular formula is C15H23ClN2OS. The van der Waals surface area contributed by atoms with Crippen LogP contribution >= 0.6 is 24.2 Å². The number of aryl methyl sites for hydroxylation is 1. The summed E-state index contributed by atoms with van der Waals surface area (Å²) in [7, 11) is 0. The molecule has 0 radical (unpaired) electrons. The van der Waals surface area contributed by atoms with E-state index >= 15 is 0 Å². The minimum atomic E-state index is 0. The van der Waals surface area contributed by atoms with E-state index in [0.717, 1.165) is 29.1 Å². The highest BCUT2D eigenvalue weighted by atomic mass is 35.5. The monoisotopic (exact) mass is 314 g/mol. The summed E-state index contributed by atoms with van der Waals surface area (Å²) in [5.41, 5.74) is 1.90. The van der Waals surface area contributed by atoms with Crippen LogP contribution in [-0.2, 0) is 0 Å². The molecule has 1 amide bonds. The second kappa shape index (κ2) is 7.34. The molecule has 1 heterocycles. The average molecular weight is 315 g/mol. The number of thioether (sulfide) groups is 1. The Morgan fingerprint density at radius 2 is 2.10 bits per heavy atom. The fourth-order valence-corrected chi connectivity index (χ4v) is 2.90. The molecule has 1 saturated heterocycles. The van der Waals surface area contributed by atoms with Gasteiger partial charge in [0.05, 0.1) is 0 Å². The number of carbonyl (C=O) groups is 1. The van der Waals surface area contributed by atoms with Crippen molar-refractivity contribution in [3.63, 3.8) is 0 Å². The van der Waals surface area contributed by atoms with Gasteiger partial charge in [-0.3, -0.25) is 4.79 Å². The highest BCUT2D eigenvalue weighted by molar-refractivity contribution is 7.98. The molecule has 0 saturated carbocycles. The van der Waals surface area contributed by atoms with Crippen molar-refractivity contribution in [2.24, 2.45) is 0 Å². The number of nitrogens with zero attached hydrogens (tertiary/aromatic N) is 1. The highest BCUT2D eigenvalue weighted by Gasteiger charge is 2.29. The fourth-order valence-electron chi connectivity index (χ4n) is 2.46. The van der Waals surface area contributed by atoms with E-state index in [1.165, 1.54) is 0 Å². The molecule has 0 bridgehead atoms. The Morgan fingerprint density at radius 1 is 1.40 bits per heavy atom. The van der Waals surface area contributed by atoms with Crippen molar-refractivity contribution in [3.8, 4) is 0 Å². The maximum atomic E-state index is 12.7. The molecule has 2 rings (SSSR count). The van der Waals surface area contributed by atoms with E-state index in [1.807, 2.05) is 30.2 Å². The number of nitrogens with one attached hydrogen (secondary N) is 1. The molecule has 1 aliphatic heterocycles. The van der Waals surface area contributed by atoms with Crippen LogP contribution in [0.2, 0.25) is 0 Å². The lowest BCUT2D eigenvalue weighted by Gasteiger charge is -2.39. The van der Waals surface area contributed by atoms with Gasteiger partial charge in [-0.1, -0.05) is 6.07 Å². The van der Waals surface area contributed by atoms with Gasteiger partial charge in [-0.25, -0.2) is 0 Å². The average Bonchev–Trinajstić information content (AvgIpc) is 2.42. The zero-order valence-corrected chi connectivity index (χ0v) is 14.1. The van der Waals surface area contributed by atoms with E-state index in [9.17, 15) is 4.79 Å². The van der Waals surface area contributed by atoms with E-state index in [-0.39, 0.29) is 24.4 Å². The fraction of sp³-hybridized carbons (Fsp3) is 0.533. The van der Waals surface area contributed by atoms with Gasteiger partial charge in [0.25, 0.3) is 5.91 Å². The van der Waals surface area contributed by atoms with E-state index in [2.05, 4.69) is 25.2 Å². The van der Waals surface area contributed by atoms with Crippen LogP contribution in [0.3, 0.4) is 0 Å². The maximum Gasteiger partial charge on any atom is 0.254 e. The van der Waals surface area contributed by atoms with Crippen LogP contribution in [0.5, 0.6) is 0 Å². The molecule has 0 aliphatic carbocycles. The number of piperazine rings is 1. The molecule has 0 spiro atoms. The summed E-state index contributed by atoms with van der Waals surface area (Å²) in [5.74, 6) is 0.161. The lowest BCUT2D eigenvalue weighted by molar-refractivity contribution is 0.0602. The van der Waals surface area contributed by atoms with Crippen LogP contribution in [0.25, 0.3) is 0 Å². The standard InChI is InChI=1S/C15H22N2OS.ClH/c1-10-5-6-13(19-4)9-14(10)15(18)17-8-7-16-11(2)12(17)3;/h5-6,9,11-12,16H,7-8H2,1-4H3;1H. The third kappa shape index (κ3) is 3.48. The smallest absolute Gasteiger partial charge is 0.254 e. The number of carbonyl (C=O) groups excluding carboxylic acids is 1. The molecule has 112 valence electrons. The summed E-state index contributed by atoms with van der Waals surface area (Å²) in [6.45, 7) is 7.91. The van der Waals surface area contributed by atoms with Gasteiger partial charge < -0.3 is 10.2 Å². The van der Waals surface area contributed by atoms with Crippen LogP contribution in [0, 0.1) is 6.92 Å². The highest BCUT2D eigenvalue weighted by Crippen LogP contribution is 2.22. The topological polar surface area (TPSA) is 32.3 Å². The van der Waals surface area contributed by atoms with Gasteiger partial charge in [0.1, 0.15) is 0 Å². The van der Waals surface area contributed by atoms with Crippen molar-refractivity contribution in [3.05, 3.63) is 29.3 Å². The molecule has 1 N–H and O–H groups in total. The molecule has 1 aliphatic rings. The van der Waals surface area contributed by atoms with Crippen LogP contribution in [0.4, 0.5) is 0 Å². The second-order valence-corrected chi connectivity index (χ2v) is 6.04. The molecule has 5 heteroatoms. The van der Waals surface area contributed by atoms with Gasteiger partial charge in [-0.05, 0) is 44.7 Å². The van der Waals surface area contributed by atoms with Crippen LogP contribution in [-0.4, -0.2) is 42.2 Å². The molecule has 2 atom stereocenters. The summed E-state index contributed by atoms with van der Waals surface area (Å²) in [6, 6.07) is 6.71. The second-order valence-electron chi connectivity index (χ2n) is 5.16. The third-order valence-corrected chi connectivity index (χ3v) is 4.70. The van der Waals surface area contributed by atoms with Crippen molar-refractivity contribution >= 4 is 30.1 Å². The Balaban J connectivity index is 0.00000200. The molecule has 3 nitrogen and oxygen atoms in total. The molecular weight excluding hydrogens is 292 g/mol. The first-order valence-corrected chi connectivity index (χ1v) is 7.96. The molecule has 20 heavy (non-hydrogen) atoms. The normalized spacial score (nSPS) is 22.3. The molecule has 1 fully saturated rings. The van der Waals surface area contributed by atoms with Crippen molar-refractivity contribution < 1.29 is 4.79 Å². The van der Waals surface area contributed by atoms with Crippen molar-refractivity contribution in [2.75, 3.05) is 19.3 Å². The predicted molar refractivity (Wildman–Crippen MR) is 88.2 cm³/mol. The van der Waals surface area contributed by atoms with Gasteiger partial charge in [0.15, 0.2) is 0 Å². The Morgan fingerprint density at radius 3 is 2.75 bits per heavy atom. The molecule has 2 unspecified atom stereocenters. The maximum absolute atomic E-state index is 12.7. The summed E-state index contributed by atoms with van der Waals surface area (Å²) in [4.78, 5) is 15.9. The molecule has 1 aromatic rings. The van der Waals surface area contributed by atoms with E-state index < -0.39 is 0 Å². The van der Waals surface area contributed by atoms with Crippen molar-refractivity contribution in [1.29, 1.82) is 0 Å². The minimum Gasteiger partial charge on any atom is -0.333 e. The lowest BCUT2D eigenvalue weighted by atomic mass is 10.0. The van der Waals surface area contributed by atoms with Crippen LogP contribution in [0.1, 0.15) is 29.8 Å². The van der Waals surface area contributed by atoms with E-state index in [1.54, 1.807) is 11.8 Å². The predicted octanol–water partition coefficient (Wildman–Crippen LogP) is 2.96. The first-order valence-electron chi connectivity index (χ1n) is 6.73. The zero-order valence-electron chi connectivity index (χ0n) is 12.5. The molecule has 0 aromatic heterocycles. The number of halogens is 1. The molecule has 1 aromatic carbocycles. The van der Waals surface area contributed by atoms with Crippen LogP contribution in [0.15, 0.2) is 23.1 Å². The largest absolute Gasteiger partial charge is 0.333 e. The Kier molecular flexibility index (Phi) is 6.37. The SMILES string of the molecule is CSc1ccc(C)c(C(=O)N2CCNC(C)C2C)c1.Cl. The summed E-state index contributed by atoms with van der Waals surface area (Å²) in [6.07, 6.45) is 2.04. The number of hydrogen-bond donors (Lipinski definition) is 1. The van der Waals surface area contributed by atoms with Crippen molar-refractivity contribution in [2.45, 2.75) is 37.8 Å². The van der Waals surface area contributed by atoms with Crippen molar-refractivity contribution in [1.82, 2.24) is 10.2 Å². The summed E-state index contributed by atoms with van der Waals surface area (Å²) >= 11 is 1.67. The zero-order chi connectivity index (χ0) is 14.0. The van der Waals surface area contributed by atoms with Gasteiger partial charge in [0.2, 0.25) is 0 Å². The number of benzene rings is 1. The summed E-state index contributed by atoms with van der Waals surface area (Å²) in [5, 5.41) is 3.41. The Hall–Kier alpha value is -0.710. The van der Waals surface area contributed by atoms with E-state index in [0.29, 0.717) is 6.04 Å². The van der Waals surface area contributed by atoms with Gasteiger partial charge in [0, 0.05) is 35.6 Å². The number of rotatable bonds is 2. The van der Waals surface area contributed by atoms with Gasteiger partial charge in [-0.15, -0.1) is 24.2 Å². The Labute approximate surface area is 131 Å². The first kappa shape index (κ1) is 17.3. The number of hydrogen-bond acceptors (Lipinski definition) is 3. The van der Waals surface area contributed by atoms with Gasteiger partial charge in [-0.2, -0.15) is 0 Å². The van der Waals surface area contributed by atoms with E-state index in [4.69, 9.17) is 0 Å². The lowest BCUT2D eigenvalue weighted by Crippen LogP contribution is -2.57.